The summed E-state index contributed by atoms with van der Waals surface area (Å²) in [5.74, 6) is 0. The highest BCUT2D eigenvalue weighted by Gasteiger charge is 2.00. The van der Waals surface area contributed by atoms with Crippen LogP contribution in [0, 0.1) is 0 Å². The van der Waals surface area contributed by atoms with E-state index in [2.05, 4.69) is 21.2 Å². The summed E-state index contributed by atoms with van der Waals surface area (Å²) in [4.78, 5) is 0. The van der Waals surface area contributed by atoms with E-state index in [1.807, 2.05) is 18.2 Å². The molecule has 1 aromatic carbocycles. The molecule has 1 rings (SSSR count). The van der Waals surface area contributed by atoms with Gasteiger partial charge >= 0.3 is 0 Å². The van der Waals surface area contributed by atoms with Crippen LogP contribution < -0.4 is 5.32 Å². The highest BCUT2D eigenvalue weighted by atomic mass is 79.9. The monoisotopic (exact) mass is 319 g/mol. The highest BCUT2D eigenvalue weighted by molar-refractivity contribution is 9.10. The van der Waals surface area contributed by atoms with E-state index in [-0.39, 0.29) is 0 Å². The van der Waals surface area contributed by atoms with Crippen LogP contribution >= 0.6 is 27.5 Å². The first kappa shape index (κ1) is 15.0. The number of hydrogen-bond acceptors (Lipinski definition) is 2. The van der Waals surface area contributed by atoms with Crippen LogP contribution in [0.25, 0.3) is 0 Å². The number of unbranched alkanes of at least 4 members (excludes halogenated alkanes) is 3. The van der Waals surface area contributed by atoms with E-state index in [1.165, 1.54) is 12.0 Å². The maximum absolute atomic E-state index is 8.64. The Hall–Kier alpha value is -0.0900. The fraction of sp³-hybridized carbons (Fsp3) is 0.538. The summed E-state index contributed by atoms with van der Waals surface area (Å²) < 4.78 is 1.09. The van der Waals surface area contributed by atoms with Crippen LogP contribution in [-0.4, -0.2) is 18.3 Å². The number of aliphatic hydroxyl groups excluding tert-OH is 1. The van der Waals surface area contributed by atoms with Crippen molar-refractivity contribution in [2.24, 2.45) is 0 Å². The van der Waals surface area contributed by atoms with Crippen LogP contribution in [0.5, 0.6) is 0 Å². The summed E-state index contributed by atoms with van der Waals surface area (Å²) in [7, 11) is 0. The number of nitrogens with one attached hydrogen (secondary N) is 1. The van der Waals surface area contributed by atoms with Gasteiger partial charge in [0.2, 0.25) is 0 Å². The SMILES string of the molecule is OCCCCCCNCc1cc(Cl)ccc1Br. The van der Waals surface area contributed by atoms with Gasteiger partial charge < -0.3 is 10.4 Å². The number of benzene rings is 1. The molecule has 0 aliphatic rings. The van der Waals surface area contributed by atoms with Crippen LogP contribution in [0.2, 0.25) is 5.02 Å². The van der Waals surface area contributed by atoms with Crippen molar-refractivity contribution in [3.8, 4) is 0 Å². The molecule has 0 atom stereocenters. The summed E-state index contributed by atoms with van der Waals surface area (Å²) in [5, 5.41) is 12.8. The third kappa shape index (κ3) is 6.41. The zero-order valence-corrected chi connectivity index (χ0v) is 12.2. The lowest BCUT2D eigenvalue weighted by Gasteiger charge is -2.07. The Morgan fingerprint density at radius 3 is 2.71 bits per heavy atom. The number of halogens is 2. The van der Waals surface area contributed by atoms with Gasteiger partial charge in [0, 0.05) is 22.6 Å². The Bertz CT molecular complexity index is 333. The predicted octanol–water partition coefficient (Wildman–Crippen LogP) is 3.74. The van der Waals surface area contributed by atoms with Crippen LogP contribution in [0.3, 0.4) is 0 Å². The van der Waals surface area contributed by atoms with Crippen molar-refractivity contribution in [3.63, 3.8) is 0 Å². The molecule has 0 aromatic heterocycles. The lowest BCUT2D eigenvalue weighted by molar-refractivity contribution is 0.282. The minimum atomic E-state index is 0.308. The molecule has 0 amide bonds. The van der Waals surface area contributed by atoms with Gasteiger partial charge in [0.15, 0.2) is 0 Å². The zero-order chi connectivity index (χ0) is 12.5. The fourth-order valence-corrected chi connectivity index (χ4v) is 2.20. The van der Waals surface area contributed by atoms with Crippen molar-refractivity contribution >= 4 is 27.5 Å². The average Bonchev–Trinajstić information content (AvgIpc) is 2.32. The van der Waals surface area contributed by atoms with E-state index >= 15 is 0 Å². The molecular weight excluding hydrogens is 302 g/mol. The van der Waals surface area contributed by atoms with Gasteiger partial charge in [-0.3, -0.25) is 0 Å². The van der Waals surface area contributed by atoms with Crippen molar-refractivity contribution in [1.82, 2.24) is 5.32 Å². The van der Waals surface area contributed by atoms with Gasteiger partial charge in [-0.2, -0.15) is 0 Å². The average molecular weight is 321 g/mol. The number of rotatable bonds is 8. The molecule has 4 heteroatoms. The molecule has 0 saturated carbocycles. The third-order valence-corrected chi connectivity index (χ3v) is 3.59. The molecule has 0 bridgehead atoms. The number of hydrogen-bond donors (Lipinski definition) is 2. The molecule has 0 spiro atoms. The topological polar surface area (TPSA) is 32.3 Å². The van der Waals surface area contributed by atoms with Crippen molar-refractivity contribution < 1.29 is 5.11 Å². The van der Waals surface area contributed by atoms with Gasteiger partial charge in [-0.15, -0.1) is 0 Å². The zero-order valence-electron chi connectivity index (χ0n) is 9.88. The van der Waals surface area contributed by atoms with Crippen molar-refractivity contribution in [2.45, 2.75) is 32.2 Å². The summed E-state index contributed by atoms with van der Waals surface area (Å²) in [6.07, 6.45) is 4.35. The van der Waals surface area contributed by atoms with Gasteiger partial charge in [-0.25, -0.2) is 0 Å². The van der Waals surface area contributed by atoms with Gasteiger partial charge in [0.05, 0.1) is 0 Å². The minimum absolute atomic E-state index is 0.308. The second kappa shape index (κ2) is 8.92. The van der Waals surface area contributed by atoms with E-state index < -0.39 is 0 Å². The second-order valence-corrected chi connectivity index (χ2v) is 5.34. The first-order chi connectivity index (χ1) is 8.24. The van der Waals surface area contributed by atoms with Crippen LogP contribution in [0.4, 0.5) is 0 Å². The Kier molecular flexibility index (Phi) is 7.86. The smallest absolute Gasteiger partial charge is 0.0431 e. The van der Waals surface area contributed by atoms with Gasteiger partial charge in [0.1, 0.15) is 0 Å². The molecule has 2 nitrogen and oxygen atoms in total. The van der Waals surface area contributed by atoms with Crippen molar-refractivity contribution in [2.75, 3.05) is 13.2 Å². The van der Waals surface area contributed by atoms with Gasteiger partial charge in [0.25, 0.3) is 0 Å². The fourth-order valence-electron chi connectivity index (χ4n) is 1.62. The molecule has 2 N–H and O–H groups in total. The van der Waals surface area contributed by atoms with Crippen LogP contribution in [0.1, 0.15) is 31.2 Å². The second-order valence-electron chi connectivity index (χ2n) is 4.05. The van der Waals surface area contributed by atoms with Gasteiger partial charge in [-0.05, 0) is 43.1 Å². The molecule has 17 heavy (non-hydrogen) atoms. The molecule has 0 unspecified atom stereocenters. The van der Waals surface area contributed by atoms with E-state index in [9.17, 15) is 0 Å². The number of aliphatic hydroxyl groups is 1. The molecule has 0 aliphatic heterocycles. The summed E-state index contributed by atoms with van der Waals surface area (Å²) in [5.41, 5.74) is 1.19. The lowest BCUT2D eigenvalue weighted by Crippen LogP contribution is -2.15. The Morgan fingerprint density at radius 1 is 1.18 bits per heavy atom. The molecule has 0 radical (unpaired) electrons. The standard InChI is InChI=1S/C13H19BrClNO/c14-13-6-5-12(15)9-11(13)10-16-7-3-1-2-4-8-17/h5-6,9,16-17H,1-4,7-8,10H2. The molecule has 0 saturated heterocycles. The maximum Gasteiger partial charge on any atom is 0.0431 e. The van der Waals surface area contributed by atoms with E-state index in [4.69, 9.17) is 16.7 Å². The Labute approximate surface area is 117 Å². The Balaban J connectivity index is 2.15. The molecular formula is C13H19BrClNO. The van der Waals surface area contributed by atoms with Crippen molar-refractivity contribution in [3.05, 3.63) is 33.3 Å². The highest BCUT2D eigenvalue weighted by Crippen LogP contribution is 2.20. The third-order valence-electron chi connectivity index (χ3n) is 2.58. The molecule has 0 fully saturated rings. The summed E-state index contributed by atoms with van der Waals surface area (Å²) in [6.45, 7) is 2.15. The quantitative estimate of drug-likeness (QED) is 0.715. The normalized spacial score (nSPS) is 10.8. The van der Waals surface area contributed by atoms with E-state index in [1.54, 1.807) is 0 Å². The maximum atomic E-state index is 8.64. The van der Waals surface area contributed by atoms with Gasteiger partial charge in [-0.1, -0.05) is 40.4 Å². The summed E-state index contributed by atoms with van der Waals surface area (Å²) in [6, 6.07) is 5.83. The molecule has 0 aliphatic carbocycles. The van der Waals surface area contributed by atoms with Crippen molar-refractivity contribution in [1.29, 1.82) is 0 Å². The van der Waals surface area contributed by atoms with Crippen LogP contribution in [0.15, 0.2) is 22.7 Å². The molecule has 0 heterocycles. The largest absolute Gasteiger partial charge is 0.396 e. The molecule has 1 aromatic rings. The predicted molar refractivity (Wildman–Crippen MR) is 76.4 cm³/mol. The van der Waals surface area contributed by atoms with E-state index in [0.29, 0.717) is 6.61 Å². The summed E-state index contributed by atoms with van der Waals surface area (Å²) >= 11 is 9.45. The van der Waals surface area contributed by atoms with Crippen LogP contribution in [-0.2, 0) is 6.54 Å². The molecule has 96 valence electrons. The lowest BCUT2D eigenvalue weighted by atomic mass is 10.2. The Morgan fingerprint density at radius 2 is 1.94 bits per heavy atom. The first-order valence-corrected chi connectivity index (χ1v) is 7.16. The minimum Gasteiger partial charge on any atom is -0.396 e. The van der Waals surface area contributed by atoms with E-state index in [0.717, 1.165) is 41.8 Å². The first-order valence-electron chi connectivity index (χ1n) is 5.99.